The number of rotatable bonds is 2. The van der Waals surface area contributed by atoms with Gasteiger partial charge in [-0.25, -0.2) is 4.98 Å². The van der Waals surface area contributed by atoms with Crippen molar-refractivity contribution in [1.82, 2.24) is 15.2 Å². The van der Waals surface area contributed by atoms with Crippen LogP contribution in [0.15, 0.2) is 10.9 Å². The maximum absolute atomic E-state index is 4.38. The third-order valence-electron chi connectivity index (χ3n) is 3.40. The van der Waals surface area contributed by atoms with Gasteiger partial charge in [0.2, 0.25) is 0 Å². The van der Waals surface area contributed by atoms with Crippen LogP contribution in [-0.2, 0) is 6.54 Å². The summed E-state index contributed by atoms with van der Waals surface area (Å²) >= 11 is 1.69. The van der Waals surface area contributed by atoms with E-state index in [1.54, 1.807) is 11.3 Å². The molecule has 2 heterocycles. The highest BCUT2D eigenvalue weighted by molar-refractivity contribution is 7.07. The number of aromatic nitrogens is 1. The average Bonchev–Trinajstić information content (AvgIpc) is 2.61. The highest BCUT2D eigenvalue weighted by Crippen LogP contribution is 2.22. The standard InChI is InChI=1S/C13H23N3S/c1-13(2,3)12-8-16(6-4-5-14-12)7-11-9-17-10-15-11/h9-10,12,14H,4-8H2,1-3H3. The van der Waals surface area contributed by atoms with Crippen LogP contribution in [0.2, 0.25) is 0 Å². The maximum atomic E-state index is 4.38. The SMILES string of the molecule is CC(C)(C)C1CN(Cc2cscn2)CCCN1. The van der Waals surface area contributed by atoms with Gasteiger partial charge in [-0.1, -0.05) is 20.8 Å². The topological polar surface area (TPSA) is 28.2 Å². The molecule has 1 aromatic rings. The minimum atomic E-state index is 0.324. The summed E-state index contributed by atoms with van der Waals surface area (Å²) in [6.45, 7) is 11.4. The molecule has 1 aliphatic rings. The van der Waals surface area contributed by atoms with Crippen LogP contribution >= 0.6 is 11.3 Å². The van der Waals surface area contributed by atoms with E-state index in [9.17, 15) is 0 Å². The fourth-order valence-electron chi connectivity index (χ4n) is 2.26. The van der Waals surface area contributed by atoms with E-state index in [4.69, 9.17) is 0 Å². The Morgan fingerprint density at radius 3 is 3.00 bits per heavy atom. The number of nitrogens with zero attached hydrogens (tertiary/aromatic N) is 2. The molecule has 1 fully saturated rings. The summed E-state index contributed by atoms with van der Waals surface area (Å²) in [7, 11) is 0. The summed E-state index contributed by atoms with van der Waals surface area (Å²) in [6, 6.07) is 0.573. The van der Waals surface area contributed by atoms with Crippen molar-refractivity contribution < 1.29 is 0 Å². The highest BCUT2D eigenvalue weighted by atomic mass is 32.1. The zero-order chi connectivity index (χ0) is 12.3. The summed E-state index contributed by atoms with van der Waals surface area (Å²) in [4.78, 5) is 6.92. The number of nitrogens with one attached hydrogen (secondary N) is 1. The molecule has 17 heavy (non-hydrogen) atoms. The molecule has 3 nitrogen and oxygen atoms in total. The zero-order valence-corrected chi connectivity index (χ0v) is 11.9. The molecule has 1 aliphatic heterocycles. The maximum Gasteiger partial charge on any atom is 0.0795 e. The number of hydrogen-bond acceptors (Lipinski definition) is 4. The minimum Gasteiger partial charge on any atom is -0.312 e. The monoisotopic (exact) mass is 253 g/mol. The van der Waals surface area contributed by atoms with Crippen molar-refractivity contribution >= 4 is 11.3 Å². The summed E-state index contributed by atoms with van der Waals surface area (Å²) in [5, 5.41) is 5.83. The average molecular weight is 253 g/mol. The molecule has 0 aliphatic carbocycles. The van der Waals surface area contributed by atoms with Gasteiger partial charge in [-0.15, -0.1) is 11.3 Å². The zero-order valence-electron chi connectivity index (χ0n) is 11.1. The molecule has 4 heteroatoms. The Balaban J connectivity index is 1.97. The fraction of sp³-hybridized carbons (Fsp3) is 0.769. The van der Waals surface area contributed by atoms with Crippen molar-refractivity contribution in [1.29, 1.82) is 0 Å². The minimum absolute atomic E-state index is 0.324. The van der Waals surface area contributed by atoms with Gasteiger partial charge in [0, 0.05) is 24.5 Å². The first-order valence-corrected chi connectivity index (χ1v) is 7.33. The lowest BCUT2D eigenvalue weighted by atomic mass is 9.86. The Labute approximate surface area is 108 Å². The molecule has 0 radical (unpaired) electrons. The van der Waals surface area contributed by atoms with E-state index in [1.165, 1.54) is 18.7 Å². The Hall–Kier alpha value is -0.450. The van der Waals surface area contributed by atoms with E-state index >= 15 is 0 Å². The number of hydrogen-bond donors (Lipinski definition) is 1. The second kappa shape index (κ2) is 5.46. The van der Waals surface area contributed by atoms with Crippen LogP contribution in [0.1, 0.15) is 32.9 Å². The lowest BCUT2D eigenvalue weighted by molar-refractivity contribution is 0.191. The van der Waals surface area contributed by atoms with Gasteiger partial charge < -0.3 is 5.32 Å². The van der Waals surface area contributed by atoms with Crippen LogP contribution in [0, 0.1) is 5.41 Å². The van der Waals surface area contributed by atoms with Crippen LogP contribution in [0.25, 0.3) is 0 Å². The van der Waals surface area contributed by atoms with Gasteiger partial charge in [0.25, 0.3) is 0 Å². The molecular formula is C13H23N3S. The van der Waals surface area contributed by atoms with Crippen molar-refractivity contribution in [2.24, 2.45) is 5.41 Å². The summed E-state index contributed by atoms with van der Waals surface area (Å²) in [5.74, 6) is 0. The fourth-order valence-corrected chi connectivity index (χ4v) is 2.81. The Kier molecular flexibility index (Phi) is 4.17. The van der Waals surface area contributed by atoms with Crippen LogP contribution < -0.4 is 5.32 Å². The van der Waals surface area contributed by atoms with E-state index in [0.717, 1.165) is 19.6 Å². The molecule has 0 saturated carbocycles. The molecule has 1 saturated heterocycles. The van der Waals surface area contributed by atoms with Gasteiger partial charge in [-0.3, -0.25) is 4.90 Å². The first-order chi connectivity index (χ1) is 8.05. The molecule has 0 aromatic carbocycles. The molecule has 1 N–H and O–H groups in total. The molecule has 2 rings (SSSR count). The van der Waals surface area contributed by atoms with Crippen molar-refractivity contribution in [2.45, 2.75) is 39.8 Å². The molecule has 1 atom stereocenters. The Morgan fingerprint density at radius 2 is 2.35 bits per heavy atom. The summed E-state index contributed by atoms with van der Waals surface area (Å²) in [6.07, 6.45) is 1.23. The molecule has 0 spiro atoms. The Bertz CT molecular complexity index is 329. The van der Waals surface area contributed by atoms with E-state index < -0.39 is 0 Å². The molecular weight excluding hydrogens is 230 g/mol. The van der Waals surface area contributed by atoms with Crippen molar-refractivity contribution in [2.75, 3.05) is 19.6 Å². The molecule has 96 valence electrons. The van der Waals surface area contributed by atoms with Gasteiger partial charge in [-0.05, 0) is 24.9 Å². The quantitative estimate of drug-likeness (QED) is 0.877. The van der Waals surface area contributed by atoms with Crippen LogP contribution in [0.3, 0.4) is 0 Å². The molecule has 1 aromatic heterocycles. The lowest BCUT2D eigenvalue weighted by Gasteiger charge is -2.33. The van der Waals surface area contributed by atoms with Crippen LogP contribution in [0.4, 0.5) is 0 Å². The molecule has 1 unspecified atom stereocenters. The molecule has 0 bridgehead atoms. The van der Waals surface area contributed by atoms with Gasteiger partial charge >= 0.3 is 0 Å². The van der Waals surface area contributed by atoms with Crippen molar-refractivity contribution in [3.63, 3.8) is 0 Å². The Morgan fingerprint density at radius 1 is 1.53 bits per heavy atom. The van der Waals surface area contributed by atoms with Gasteiger partial charge in [-0.2, -0.15) is 0 Å². The number of thiazole rings is 1. The van der Waals surface area contributed by atoms with E-state index in [1.807, 2.05) is 5.51 Å². The predicted octanol–water partition coefficient (Wildman–Crippen LogP) is 2.35. The molecule has 0 amide bonds. The van der Waals surface area contributed by atoms with Crippen molar-refractivity contribution in [3.8, 4) is 0 Å². The van der Waals surface area contributed by atoms with E-state index in [2.05, 4.69) is 41.4 Å². The largest absolute Gasteiger partial charge is 0.312 e. The lowest BCUT2D eigenvalue weighted by Crippen LogP contribution is -2.46. The van der Waals surface area contributed by atoms with E-state index in [-0.39, 0.29) is 0 Å². The van der Waals surface area contributed by atoms with E-state index in [0.29, 0.717) is 11.5 Å². The third kappa shape index (κ3) is 3.76. The second-order valence-corrected chi connectivity index (χ2v) is 6.66. The van der Waals surface area contributed by atoms with Gasteiger partial charge in [0.1, 0.15) is 0 Å². The first-order valence-electron chi connectivity index (χ1n) is 6.38. The first kappa shape index (κ1) is 13.0. The highest BCUT2D eigenvalue weighted by Gasteiger charge is 2.28. The van der Waals surface area contributed by atoms with Gasteiger partial charge in [0.15, 0.2) is 0 Å². The van der Waals surface area contributed by atoms with Gasteiger partial charge in [0.05, 0.1) is 11.2 Å². The van der Waals surface area contributed by atoms with Crippen molar-refractivity contribution in [3.05, 3.63) is 16.6 Å². The summed E-state index contributed by atoms with van der Waals surface area (Å²) in [5.41, 5.74) is 3.46. The normalized spacial score (nSPS) is 23.6. The second-order valence-electron chi connectivity index (χ2n) is 5.94. The third-order valence-corrected chi connectivity index (χ3v) is 4.03. The van der Waals surface area contributed by atoms with Crippen LogP contribution in [-0.4, -0.2) is 35.6 Å². The van der Waals surface area contributed by atoms with Crippen LogP contribution in [0.5, 0.6) is 0 Å². The predicted molar refractivity (Wildman–Crippen MR) is 73.3 cm³/mol. The smallest absolute Gasteiger partial charge is 0.0795 e. The summed E-state index contributed by atoms with van der Waals surface area (Å²) < 4.78 is 0.